The number of imide groups is 1. The molecule has 1 heterocycles. The molecule has 0 aliphatic carbocycles. The lowest BCUT2D eigenvalue weighted by molar-refractivity contribution is -0.168. The normalized spacial score (nSPS) is 13.6. The minimum Gasteiger partial charge on any atom is -0.330 e. The van der Waals surface area contributed by atoms with Crippen molar-refractivity contribution < 1.29 is 23.6 Å². The summed E-state index contributed by atoms with van der Waals surface area (Å²) in [5.74, 6) is -1.94. The molecule has 0 saturated heterocycles. The van der Waals surface area contributed by atoms with Gasteiger partial charge in [0.25, 0.3) is 11.8 Å². The number of unbranched alkanes of at least 4 members (excludes halogenated alkanes) is 2. The maximum absolute atomic E-state index is 11.9. The van der Waals surface area contributed by atoms with Crippen LogP contribution >= 0.6 is 0 Å². The Labute approximate surface area is 115 Å². The molecule has 0 saturated carbocycles. The zero-order valence-electron chi connectivity index (χ0n) is 10.8. The highest BCUT2D eigenvalue weighted by Crippen LogP contribution is 2.22. The Hall–Kier alpha value is -2.24. The Morgan fingerprint density at radius 2 is 1.65 bits per heavy atom. The second-order valence-electron chi connectivity index (χ2n) is 4.41. The highest BCUT2D eigenvalue weighted by molar-refractivity contribution is 6.20. The average Bonchev–Trinajstić information content (AvgIpc) is 2.69. The van der Waals surface area contributed by atoms with E-state index >= 15 is 0 Å². The molecule has 0 unspecified atom stereocenters. The van der Waals surface area contributed by atoms with Gasteiger partial charge in [-0.2, -0.15) is 0 Å². The van der Waals surface area contributed by atoms with E-state index in [2.05, 4.69) is 0 Å². The Morgan fingerprint density at radius 1 is 1.05 bits per heavy atom. The highest BCUT2D eigenvalue weighted by Gasteiger charge is 2.38. The predicted molar refractivity (Wildman–Crippen MR) is 67.5 cm³/mol. The van der Waals surface area contributed by atoms with Crippen LogP contribution in [-0.4, -0.2) is 29.5 Å². The van der Waals surface area contributed by atoms with Gasteiger partial charge in [0, 0.05) is 6.42 Å². The van der Waals surface area contributed by atoms with Crippen molar-refractivity contribution in [2.75, 3.05) is 6.67 Å². The van der Waals surface area contributed by atoms with E-state index in [4.69, 9.17) is 4.84 Å². The SMILES string of the molecule is O=C(CCCCCF)ON1C(=O)c2ccccc2C1=O. The van der Waals surface area contributed by atoms with Crippen molar-refractivity contribution in [1.82, 2.24) is 5.06 Å². The van der Waals surface area contributed by atoms with Crippen molar-refractivity contribution in [3.63, 3.8) is 0 Å². The van der Waals surface area contributed by atoms with E-state index in [9.17, 15) is 18.8 Å². The Balaban J connectivity index is 1.93. The molecule has 1 aromatic carbocycles. The van der Waals surface area contributed by atoms with Gasteiger partial charge in [-0.3, -0.25) is 14.0 Å². The summed E-state index contributed by atoms with van der Waals surface area (Å²) in [6.45, 7) is -0.423. The quantitative estimate of drug-likeness (QED) is 0.592. The molecule has 1 aliphatic heterocycles. The molecule has 1 aromatic rings. The molecule has 0 N–H and O–H groups in total. The number of hydrogen-bond acceptors (Lipinski definition) is 4. The van der Waals surface area contributed by atoms with E-state index in [1.54, 1.807) is 12.1 Å². The molecule has 20 heavy (non-hydrogen) atoms. The van der Waals surface area contributed by atoms with Gasteiger partial charge in [0.05, 0.1) is 17.8 Å². The third-order valence-electron chi connectivity index (χ3n) is 2.96. The number of carbonyl (C=O) groups excluding carboxylic acids is 3. The van der Waals surface area contributed by atoms with Crippen LogP contribution in [0.3, 0.4) is 0 Å². The molecule has 0 aromatic heterocycles. The largest absolute Gasteiger partial charge is 0.333 e. The lowest BCUT2D eigenvalue weighted by Gasteiger charge is -2.12. The van der Waals surface area contributed by atoms with Crippen LogP contribution in [0.5, 0.6) is 0 Å². The first kappa shape index (κ1) is 14.2. The molecule has 2 rings (SSSR count). The van der Waals surface area contributed by atoms with E-state index in [0.717, 1.165) is 0 Å². The summed E-state index contributed by atoms with van der Waals surface area (Å²) in [6, 6.07) is 6.27. The van der Waals surface area contributed by atoms with Gasteiger partial charge < -0.3 is 4.84 Å². The molecule has 1 aliphatic rings. The Morgan fingerprint density at radius 3 is 2.20 bits per heavy atom. The number of halogens is 1. The van der Waals surface area contributed by atoms with E-state index in [0.29, 0.717) is 24.3 Å². The molecule has 0 atom stereocenters. The summed E-state index contributed by atoms with van der Waals surface area (Å²) < 4.78 is 11.9. The molecular weight excluding hydrogens is 265 g/mol. The zero-order valence-corrected chi connectivity index (χ0v) is 10.8. The summed E-state index contributed by atoms with van der Waals surface area (Å²) in [7, 11) is 0. The number of carbonyl (C=O) groups is 3. The van der Waals surface area contributed by atoms with E-state index in [-0.39, 0.29) is 17.5 Å². The number of hydrogen-bond donors (Lipinski definition) is 0. The second kappa shape index (κ2) is 6.27. The van der Waals surface area contributed by atoms with Crippen LogP contribution in [-0.2, 0) is 9.63 Å². The lowest BCUT2D eigenvalue weighted by atomic mass is 10.1. The third kappa shape index (κ3) is 2.84. The Kier molecular flexibility index (Phi) is 4.45. The maximum atomic E-state index is 11.9. The van der Waals surface area contributed by atoms with Crippen LogP contribution in [0.25, 0.3) is 0 Å². The van der Waals surface area contributed by atoms with Crippen molar-refractivity contribution in [2.24, 2.45) is 0 Å². The van der Waals surface area contributed by atoms with Crippen LogP contribution in [0.1, 0.15) is 46.4 Å². The fourth-order valence-electron chi connectivity index (χ4n) is 1.94. The van der Waals surface area contributed by atoms with Crippen LogP contribution in [0, 0.1) is 0 Å². The molecule has 106 valence electrons. The summed E-state index contributed by atoms with van der Waals surface area (Å²) in [4.78, 5) is 40.1. The highest BCUT2D eigenvalue weighted by atomic mass is 19.1. The fourth-order valence-corrected chi connectivity index (χ4v) is 1.94. The molecule has 2 amide bonds. The van der Waals surface area contributed by atoms with Gasteiger partial charge in [-0.05, 0) is 25.0 Å². The molecule has 0 radical (unpaired) electrons. The standard InChI is InChI=1S/C14H14FNO4/c15-9-5-1-2-8-12(17)20-16-13(18)10-6-3-4-7-11(10)14(16)19/h3-4,6-7H,1-2,5,8-9H2. The minimum absolute atomic E-state index is 0.0490. The van der Waals surface area contributed by atoms with Gasteiger partial charge in [0.15, 0.2) is 0 Å². The van der Waals surface area contributed by atoms with Crippen LogP contribution in [0.4, 0.5) is 4.39 Å². The number of nitrogens with zero attached hydrogens (tertiary/aromatic N) is 1. The van der Waals surface area contributed by atoms with E-state index in [1.807, 2.05) is 0 Å². The van der Waals surface area contributed by atoms with Crippen molar-refractivity contribution in [1.29, 1.82) is 0 Å². The number of rotatable bonds is 6. The fraction of sp³-hybridized carbons (Fsp3) is 0.357. The minimum atomic E-state index is -0.668. The van der Waals surface area contributed by atoms with Crippen molar-refractivity contribution in [3.8, 4) is 0 Å². The average molecular weight is 279 g/mol. The smallest absolute Gasteiger partial charge is 0.330 e. The van der Waals surface area contributed by atoms with Gasteiger partial charge >= 0.3 is 5.97 Å². The van der Waals surface area contributed by atoms with E-state index in [1.165, 1.54) is 12.1 Å². The second-order valence-corrected chi connectivity index (χ2v) is 4.41. The zero-order chi connectivity index (χ0) is 14.5. The maximum Gasteiger partial charge on any atom is 0.333 e. The summed E-state index contributed by atoms with van der Waals surface area (Å²) in [6.07, 6.45) is 1.47. The van der Waals surface area contributed by atoms with Crippen LogP contribution < -0.4 is 0 Å². The van der Waals surface area contributed by atoms with Gasteiger partial charge in [-0.15, -0.1) is 0 Å². The molecule has 0 spiro atoms. The number of benzene rings is 1. The molecule has 5 nitrogen and oxygen atoms in total. The Bertz CT molecular complexity index is 509. The summed E-state index contributed by atoms with van der Waals surface area (Å²) >= 11 is 0. The summed E-state index contributed by atoms with van der Waals surface area (Å²) in [5.41, 5.74) is 0.449. The summed E-state index contributed by atoms with van der Waals surface area (Å²) in [5, 5.41) is 0.488. The molecule has 6 heteroatoms. The third-order valence-corrected chi connectivity index (χ3v) is 2.96. The van der Waals surface area contributed by atoms with Gasteiger partial charge in [-0.25, -0.2) is 4.79 Å². The first-order valence-corrected chi connectivity index (χ1v) is 6.39. The van der Waals surface area contributed by atoms with E-state index < -0.39 is 24.5 Å². The number of amides is 2. The topological polar surface area (TPSA) is 63.7 Å². The molecular formula is C14H14FNO4. The van der Waals surface area contributed by atoms with Gasteiger partial charge in [-0.1, -0.05) is 23.6 Å². The van der Waals surface area contributed by atoms with Crippen molar-refractivity contribution >= 4 is 17.8 Å². The first-order valence-electron chi connectivity index (χ1n) is 6.39. The van der Waals surface area contributed by atoms with Gasteiger partial charge in [0.1, 0.15) is 0 Å². The number of hydroxylamine groups is 2. The van der Waals surface area contributed by atoms with Crippen molar-refractivity contribution in [2.45, 2.75) is 25.7 Å². The molecule has 0 fully saturated rings. The van der Waals surface area contributed by atoms with Crippen molar-refractivity contribution in [3.05, 3.63) is 35.4 Å². The molecule has 0 bridgehead atoms. The number of alkyl halides is 1. The van der Waals surface area contributed by atoms with Crippen LogP contribution in [0.15, 0.2) is 24.3 Å². The predicted octanol–water partition coefficient (Wildman–Crippen LogP) is 2.27. The van der Waals surface area contributed by atoms with Crippen LogP contribution in [0.2, 0.25) is 0 Å². The lowest BCUT2D eigenvalue weighted by Crippen LogP contribution is -2.32. The monoisotopic (exact) mass is 279 g/mol. The number of fused-ring (bicyclic) bond motifs is 1. The first-order chi connectivity index (χ1) is 9.65. The van der Waals surface area contributed by atoms with Gasteiger partial charge in [0.2, 0.25) is 0 Å².